The molecule has 0 spiro atoms. The average molecular weight is 354 g/mol. The molecule has 0 fully saturated rings. The fourth-order valence-electron chi connectivity index (χ4n) is 2.20. The second kappa shape index (κ2) is 9.83. The van der Waals surface area contributed by atoms with Crippen LogP contribution in [0.2, 0.25) is 0 Å². The summed E-state index contributed by atoms with van der Waals surface area (Å²) < 4.78 is 16.1. The first-order valence-corrected chi connectivity index (χ1v) is 7.86. The molecule has 0 unspecified atom stereocenters. The van der Waals surface area contributed by atoms with E-state index >= 15 is 0 Å². The molecule has 136 valence electrons. The highest BCUT2D eigenvalue weighted by Crippen LogP contribution is 2.23. The van der Waals surface area contributed by atoms with Crippen molar-refractivity contribution in [3.05, 3.63) is 59.9 Å². The van der Waals surface area contributed by atoms with Crippen LogP contribution in [0.5, 0.6) is 11.5 Å². The normalized spacial score (nSPS) is 14.5. The third-order valence-corrected chi connectivity index (χ3v) is 3.52. The Kier molecular flexibility index (Phi) is 7.17. The van der Waals surface area contributed by atoms with Gasteiger partial charge in [0.25, 0.3) is 0 Å². The van der Waals surface area contributed by atoms with E-state index in [1.807, 2.05) is 36.2 Å². The molecule has 1 aromatic carbocycles. The number of nitrogens with zero attached hydrogens (tertiary/aromatic N) is 4. The molecule has 0 radical (unpaired) electrons. The molecule has 7 nitrogen and oxygen atoms in total. The first-order chi connectivity index (χ1) is 12.7. The summed E-state index contributed by atoms with van der Waals surface area (Å²) >= 11 is 0. The number of hydrogen-bond acceptors (Lipinski definition) is 7. The summed E-state index contributed by atoms with van der Waals surface area (Å²) in [4.78, 5) is 14.1. The molecule has 2 rings (SSSR count). The SMILES string of the molecule is C=NC(=C\OCOc1ccc(OC)cc1)/C(=C(\C)N=C)N1C=CC=NC1. The molecule has 0 saturated carbocycles. The highest BCUT2D eigenvalue weighted by Gasteiger charge is 2.16. The van der Waals surface area contributed by atoms with Crippen molar-refractivity contribution in [2.75, 3.05) is 20.6 Å². The van der Waals surface area contributed by atoms with Gasteiger partial charge in [0.1, 0.15) is 30.1 Å². The van der Waals surface area contributed by atoms with E-state index in [-0.39, 0.29) is 6.79 Å². The topological polar surface area (TPSA) is 68.0 Å². The predicted octanol–water partition coefficient (Wildman–Crippen LogP) is 3.38. The molecule has 26 heavy (non-hydrogen) atoms. The monoisotopic (exact) mass is 354 g/mol. The standard InChI is InChI=1S/C19H22N4O3/c1-15(20-2)19(23-11-5-10-22-13-23)18(21-3)12-25-14-26-17-8-6-16(24-4)7-9-17/h5-12H,2-3,13-14H2,1,4H3/b18-12-,19-15-. The van der Waals surface area contributed by atoms with Gasteiger partial charge in [-0.25, -0.2) is 0 Å². The Morgan fingerprint density at radius 1 is 1.23 bits per heavy atom. The summed E-state index contributed by atoms with van der Waals surface area (Å²) in [7, 11) is 1.61. The lowest BCUT2D eigenvalue weighted by atomic mass is 10.2. The van der Waals surface area contributed by atoms with Crippen molar-refractivity contribution in [3.8, 4) is 11.5 Å². The van der Waals surface area contributed by atoms with E-state index in [2.05, 4.69) is 28.4 Å². The zero-order chi connectivity index (χ0) is 18.8. The second-order valence-electron chi connectivity index (χ2n) is 5.14. The van der Waals surface area contributed by atoms with Gasteiger partial charge in [-0.05, 0) is 50.7 Å². The molecule has 1 aliphatic heterocycles. The van der Waals surface area contributed by atoms with Gasteiger partial charge in [0.05, 0.1) is 18.5 Å². The van der Waals surface area contributed by atoms with E-state index < -0.39 is 0 Å². The Morgan fingerprint density at radius 3 is 2.54 bits per heavy atom. The molecular formula is C19H22N4O3. The van der Waals surface area contributed by atoms with Gasteiger partial charge in [0.2, 0.25) is 6.79 Å². The van der Waals surface area contributed by atoms with Gasteiger partial charge < -0.3 is 19.1 Å². The van der Waals surface area contributed by atoms with Crippen LogP contribution in [0.3, 0.4) is 0 Å². The lowest BCUT2D eigenvalue weighted by Crippen LogP contribution is -2.21. The minimum atomic E-state index is 0.0210. The summed E-state index contributed by atoms with van der Waals surface area (Å²) in [6.07, 6.45) is 6.92. The predicted molar refractivity (Wildman–Crippen MR) is 104 cm³/mol. The number of hydrogen-bond donors (Lipinski definition) is 0. The Labute approximate surface area is 153 Å². The van der Waals surface area contributed by atoms with Gasteiger partial charge in [0.15, 0.2) is 0 Å². The summed E-state index contributed by atoms with van der Waals surface area (Å²) in [5.41, 5.74) is 1.91. The van der Waals surface area contributed by atoms with Crippen molar-refractivity contribution in [2.45, 2.75) is 6.92 Å². The molecule has 0 atom stereocenters. The average Bonchev–Trinajstić information content (AvgIpc) is 2.71. The summed E-state index contributed by atoms with van der Waals surface area (Å²) in [5.74, 6) is 1.43. The molecule has 1 heterocycles. The maximum Gasteiger partial charge on any atom is 0.230 e. The third-order valence-electron chi connectivity index (χ3n) is 3.52. The Balaban J connectivity index is 2.04. The summed E-state index contributed by atoms with van der Waals surface area (Å²) in [6.45, 7) is 9.50. The summed E-state index contributed by atoms with van der Waals surface area (Å²) in [6, 6.07) is 7.22. The van der Waals surface area contributed by atoms with Crippen molar-refractivity contribution >= 4 is 19.6 Å². The molecule has 1 aliphatic rings. The molecule has 7 heteroatoms. The molecule has 0 aliphatic carbocycles. The fraction of sp³-hybridized carbons (Fsp3) is 0.211. The van der Waals surface area contributed by atoms with Crippen LogP contribution in [0.1, 0.15) is 6.92 Å². The Bertz CT molecular complexity index is 749. The van der Waals surface area contributed by atoms with Crippen molar-refractivity contribution < 1.29 is 14.2 Å². The van der Waals surface area contributed by atoms with Crippen molar-refractivity contribution in [3.63, 3.8) is 0 Å². The molecule has 0 saturated heterocycles. The van der Waals surface area contributed by atoms with E-state index in [1.54, 1.807) is 25.5 Å². The molecule has 0 N–H and O–H groups in total. The highest BCUT2D eigenvalue weighted by molar-refractivity contribution is 5.71. The first kappa shape index (κ1) is 19.0. The fourth-order valence-corrected chi connectivity index (χ4v) is 2.20. The molecule has 0 bridgehead atoms. The van der Waals surface area contributed by atoms with Crippen LogP contribution < -0.4 is 9.47 Å². The van der Waals surface area contributed by atoms with Crippen LogP contribution in [0, 0.1) is 0 Å². The van der Waals surface area contributed by atoms with E-state index in [0.717, 1.165) is 5.75 Å². The van der Waals surface area contributed by atoms with Gasteiger partial charge >= 0.3 is 0 Å². The van der Waals surface area contributed by atoms with Crippen molar-refractivity contribution in [1.82, 2.24) is 4.90 Å². The zero-order valence-corrected chi connectivity index (χ0v) is 15.0. The summed E-state index contributed by atoms with van der Waals surface area (Å²) in [5, 5.41) is 0. The number of methoxy groups -OCH3 is 1. The highest BCUT2D eigenvalue weighted by atomic mass is 16.7. The van der Waals surface area contributed by atoms with Crippen LogP contribution in [0.15, 0.2) is 74.9 Å². The number of aliphatic imine (C=N–C) groups is 3. The van der Waals surface area contributed by atoms with Crippen LogP contribution in [-0.4, -0.2) is 45.1 Å². The number of rotatable bonds is 9. The maximum absolute atomic E-state index is 5.53. The number of allylic oxidation sites excluding steroid dienone is 2. The van der Waals surface area contributed by atoms with Crippen molar-refractivity contribution in [2.24, 2.45) is 15.0 Å². The van der Waals surface area contributed by atoms with Gasteiger partial charge in [-0.1, -0.05) is 0 Å². The third kappa shape index (κ3) is 5.07. The maximum atomic E-state index is 5.53. The van der Waals surface area contributed by atoms with Gasteiger partial charge in [0, 0.05) is 12.4 Å². The van der Waals surface area contributed by atoms with Crippen LogP contribution >= 0.6 is 0 Å². The molecule has 1 aromatic rings. The second-order valence-corrected chi connectivity index (χ2v) is 5.14. The van der Waals surface area contributed by atoms with Gasteiger partial charge in [-0.3, -0.25) is 15.0 Å². The number of benzene rings is 1. The van der Waals surface area contributed by atoms with E-state index in [1.165, 1.54) is 6.26 Å². The molecule has 0 amide bonds. The van der Waals surface area contributed by atoms with Crippen LogP contribution in [-0.2, 0) is 4.74 Å². The smallest absolute Gasteiger partial charge is 0.230 e. The minimum absolute atomic E-state index is 0.0210. The Morgan fingerprint density at radius 2 is 1.96 bits per heavy atom. The lowest BCUT2D eigenvalue weighted by molar-refractivity contribution is 0.0786. The van der Waals surface area contributed by atoms with Gasteiger partial charge in [-0.15, -0.1) is 0 Å². The van der Waals surface area contributed by atoms with E-state index in [4.69, 9.17) is 14.2 Å². The van der Waals surface area contributed by atoms with Crippen molar-refractivity contribution in [1.29, 1.82) is 0 Å². The van der Waals surface area contributed by atoms with Crippen LogP contribution in [0.25, 0.3) is 0 Å². The molecule has 0 aromatic heterocycles. The molecular weight excluding hydrogens is 332 g/mol. The largest absolute Gasteiger partial charge is 0.497 e. The first-order valence-electron chi connectivity index (χ1n) is 7.86. The van der Waals surface area contributed by atoms with Crippen LogP contribution in [0.4, 0.5) is 0 Å². The lowest BCUT2D eigenvalue weighted by Gasteiger charge is -2.24. The minimum Gasteiger partial charge on any atom is -0.497 e. The quantitative estimate of drug-likeness (QED) is 0.224. The van der Waals surface area contributed by atoms with Gasteiger partial charge in [-0.2, -0.15) is 0 Å². The van der Waals surface area contributed by atoms with E-state index in [0.29, 0.717) is 29.5 Å². The Hall–Kier alpha value is -3.35. The van der Waals surface area contributed by atoms with E-state index in [9.17, 15) is 0 Å². The number of ether oxygens (including phenoxy) is 3. The zero-order valence-electron chi connectivity index (χ0n) is 15.0.